The molecule has 2 N–H and O–H groups in total. The first kappa shape index (κ1) is 18.4. The van der Waals surface area contributed by atoms with Crippen molar-refractivity contribution in [1.29, 1.82) is 0 Å². The van der Waals surface area contributed by atoms with Gasteiger partial charge in [-0.25, -0.2) is 13.1 Å². The number of hydrogen-bond donors (Lipinski definition) is 2. The highest BCUT2D eigenvalue weighted by Gasteiger charge is 2.29. The second-order valence-corrected chi connectivity index (χ2v) is 6.61. The Bertz CT molecular complexity index is 587. The van der Waals surface area contributed by atoms with Crippen LogP contribution in [0, 0.1) is 0 Å². The van der Waals surface area contributed by atoms with Crippen LogP contribution in [0.25, 0.3) is 0 Å². The molecule has 0 fully saturated rings. The molecule has 0 amide bonds. The maximum Gasteiger partial charge on any atom is 0.389 e. The molecule has 0 heterocycles. The van der Waals surface area contributed by atoms with E-state index in [1.807, 2.05) is 4.72 Å². The van der Waals surface area contributed by atoms with Crippen LogP contribution in [0.15, 0.2) is 30.3 Å². The summed E-state index contributed by atoms with van der Waals surface area (Å²) in [7, 11) is -4.10. The van der Waals surface area contributed by atoms with Gasteiger partial charge in [0.1, 0.15) is 6.04 Å². The molecular weight excluding hydrogens is 323 g/mol. The molecule has 0 radical (unpaired) electrons. The summed E-state index contributed by atoms with van der Waals surface area (Å²) in [6.07, 6.45) is -6.37. The van der Waals surface area contributed by atoms with E-state index in [1.54, 1.807) is 30.3 Å². The maximum absolute atomic E-state index is 12.0. The molecule has 0 saturated heterocycles. The summed E-state index contributed by atoms with van der Waals surface area (Å²) in [5.74, 6) is -2.16. The van der Waals surface area contributed by atoms with Crippen molar-refractivity contribution < 1.29 is 31.5 Å². The van der Waals surface area contributed by atoms with E-state index in [-0.39, 0.29) is 6.42 Å². The summed E-state index contributed by atoms with van der Waals surface area (Å²) in [6, 6.07) is 6.92. The standard InChI is InChI=1S/C13H16F3NO4S/c14-13(15,16)7-4-8-22(20,21)17-11(12(18)19)9-10-5-2-1-3-6-10/h1-3,5-6,11,17H,4,7-9H2,(H,18,19)/t11-/m1/s1. The van der Waals surface area contributed by atoms with Crippen LogP contribution in [0.3, 0.4) is 0 Å². The number of alkyl halides is 3. The summed E-state index contributed by atoms with van der Waals surface area (Å²) in [6.45, 7) is 0. The number of hydrogen-bond acceptors (Lipinski definition) is 3. The van der Waals surface area contributed by atoms with Crippen molar-refractivity contribution in [3.05, 3.63) is 35.9 Å². The van der Waals surface area contributed by atoms with Gasteiger partial charge in [0.05, 0.1) is 5.75 Å². The lowest BCUT2D eigenvalue weighted by Gasteiger charge is -2.15. The molecule has 22 heavy (non-hydrogen) atoms. The van der Waals surface area contributed by atoms with Crippen molar-refractivity contribution in [2.45, 2.75) is 31.5 Å². The Morgan fingerprint density at radius 3 is 2.32 bits per heavy atom. The molecule has 1 rings (SSSR count). The molecule has 0 saturated carbocycles. The Balaban J connectivity index is 2.64. The van der Waals surface area contributed by atoms with Crippen LogP contribution in [-0.2, 0) is 21.2 Å². The molecule has 1 atom stereocenters. The van der Waals surface area contributed by atoms with Gasteiger partial charge in [-0.3, -0.25) is 4.79 Å². The number of halogens is 3. The summed E-state index contributed by atoms with van der Waals surface area (Å²) >= 11 is 0. The van der Waals surface area contributed by atoms with Crippen LogP contribution in [0.2, 0.25) is 0 Å². The lowest BCUT2D eigenvalue weighted by Crippen LogP contribution is -2.43. The number of carbonyl (C=O) groups is 1. The van der Waals surface area contributed by atoms with E-state index in [9.17, 15) is 26.4 Å². The molecule has 124 valence electrons. The van der Waals surface area contributed by atoms with Gasteiger partial charge >= 0.3 is 12.1 Å². The van der Waals surface area contributed by atoms with Gasteiger partial charge < -0.3 is 5.11 Å². The molecule has 0 aliphatic rings. The topological polar surface area (TPSA) is 83.5 Å². The molecule has 9 heteroatoms. The molecule has 1 aromatic rings. The van der Waals surface area contributed by atoms with Crippen LogP contribution in [0.1, 0.15) is 18.4 Å². The fourth-order valence-electron chi connectivity index (χ4n) is 1.77. The zero-order chi connectivity index (χ0) is 16.8. The van der Waals surface area contributed by atoms with Crippen molar-refractivity contribution in [2.24, 2.45) is 0 Å². The molecule has 0 aromatic heterocycles. The monoisotopic (exact) mass is 339 g/mol. The van der Waals surface area contributed by atoms with Gasteiger partial charge in [-0.1, -0.05) is 30.3 Å². The highest BCUT2D eigenvalue weighted by Crippen LogP contribution is 2.21. The van der Waals surface area contributed by atoms with Gasteiger partial charge in [0.25, 0.3) is 0 Å². The van der Waals surface area contributed by atoms with Crippen molar-refractivity contribution in [2.75, 3.05) is 5.75 Å². The Kier molecular flexibility index (Phi) is 6.36. The highest BCUT2D eigenvalue weighted by molar-refractivity contribution is 7.89. The van der Waals surface area contributed by atoms with Crippen molar-refractivity contribution in [3.63, 3.8) is 0 Å². The third-order valence-electron chi connectivity index (χ3n) is 2.78. The second-order valence-electron chi connectivity index (χ2n) is 4.74. The Morgan fingerprint density at radius 2 is 1.82 bits per heavy atom. The largest absolute Gasteiger partial charge is 0.480 e. The molecule has 0 aliphatic heterocycles. The van der Waals surface area contributed by atoms with E-state index in [1.165, 1.54) is 0 Å². The predicted octanol–water partition coefficient (Wildman–Crippen LogP) is 1.94. The van der Waals surface area contributed by atoms with Gasteiger partial charge in [-0.15, -0.1) is 0 Å². The molecule has 1 aromatic carbocycles. The predicted molar refractivity (Wildman–Crippen MR) is 73.8 cm³/mol. The average molecular weight is 339 g/mol. The van der Waals surface area contributed by atoms with Gasteiger partial charge in [0.2, 0.25) is 10.0 Å². The van der Waals surface area contributed by atoms with E-state index in [0.717, 1.165) is 0 Å². The van der Waals surface area contributed by atoms with Crippen molar-refractivity contribution >= 4 is 16.0 Å². The average Bonchev–Trinajstić information content (AvgIpc) is 2.37. The van der Waals surface area contributed by atoms with E-state index in [0.29, 0.717) is 5.56 Å². The van der Waals surface area contributed by atoms with Crippen LogP contribution in [0.4, 0.5) is 13.2 Å². The first-order valence-corrected chi connectivity index (χ1v) is 8.08. The third-order valence-corrected chi connectivity index (χ3v) is 4.25. The minimum atomic E-state index is -4.44. The van der Waals surface area contributed by atoms with E-state index in [2.05, 4.69) is 0 Å². The Labute approximate surface area is 126 Å². The molecule has 0 aliphatic carbocycles. The third kappa shape index (κ3) is 7.41. The summed E-state index contributed by atoms with van der Waals surface area (Å²) in [5.41, 5.74) is 0.605. The normalized spacial score (nSPS) is 13.8. The van der Waals surface area contributed by atoms with E-state index in [4.69, 9.17) is 5.11 Å². The number of carboxylic acids is 1. The highest BCUT2D eigenvalue weighted by atomic mass is 32.2. The molecule has 0 unspecified atom stereocenters. The minimum Gasteiger partial charge on any atom is -0.480 e. The lowest BCUT2D eigenvalue weighted by molar-refractivity contribution is -0.139. The SMILES string of the molecule is O=C(O)[C@@H](Cc1ccccc1)NS(=O)(=O)CCCC(F)(F)F. The molecule has 0 spiro atoms. The molecule has 5 nitrogen and oxygen atoms in total. The lowest BCUT2D eigenvalue weighted by atomic mass is 10.1. The number of benzene rings is 1. The Hall–Kier alpha value is -1.61. The number of nitrogens with one attached hydrogen (secondary N) is 1. The summed E-state index contributed by atoms with van der Waals surface area (Å²) in [4.78, 5) is 11.1. The van der Waals surface area contributed by atoms with Gasteiger partial charge in [-0.2, -0.15) is 13.2 Å². The number of rotatable bonds is 8. The van der Waals surface area contributed by atoms with Gasteiger partial charge in [0.15, 0.2) is 0 Å². The molecule has 0 bridgehead atoms. The first-order valence-electron chi connectivity index (χ1n) is 6.42. The Morgan fingerprint density at radius 1 is 1.23 bits per heavy atom. The van der Waals surface area contributed by atoms with Crippen LogP contribution in [0.5, 0.6) is 0 Å². The van der Waals surface area contributed by atoms with Gasteiger partial charge in [0, 0.05) is 6.42 Å². The zero-order valence-electron chi connectivity index (χ0n) is 11.5. The van der Waals surface area contributed by atoms with E-state index < -0.39 is 46.8 Å². The minimum absolute atomic E-state index is 0.0886. The number of carboxylic acid groups (broad SMARTS) is 1. The van der Waals surface area contributed by atoms with E-state index >= 15 is 0 Å². The first-order chi connectivity index (χ1) is 10.1. The quantitative estimate of drug-likeness (QED) is 0.758. The smallest absolute Gasteiger partial charge is 0.389 e. The molecular formula is C13H16F3NO4S. The number of sulfonamides is 1. The van der Waals surface area contributed by atoms with Crippen LogP contribution in [-0.4, -0.2) is 37.5 Å². The zero-order valence-corrected chi connectivity index (χ0v) is 12.3. The van der Waals surface area contributed by atoms with Gasteiger partial charge in [-0.05, 0) is 18.4 Å². The van der Waals surface area contributed by atoms with Crippen LogP contribution < -0.4 is 4.72 Å². The second kappa shape index (κ2) is 7.59. The number of aliphatic carboxylic acids is 1. The maximum atomic E-state index is 12.0. The van der Waals surface area contributed by atoms with Crippen LogP contribution >= 0.6 is 0 Å². The van der Waals surface area contributed by atoms with Crippen molar-refractivity contribution in [1.82, 2.24) is 4.72 Å². The fourth-order valence-corrected chi connectivity index (χ4v) is 3.03. The summed E-state index contributed by atoms with van der Waals surface area (Å²) < 4.78 is 61.3. The van der Waals surface area contributed by atoms with Crippen molar-refractivity contribution in [3.8, 4) is 0 Å². The summed E-state index contributed by atoms with van der Waals surface area (Å²) in [5, 5.41) is 9.05. The fraction of sp³-hybridized carbons (Fsp3) is 0.462.